The van der Waals surface area contributed by atoms with Crippen LogP contribution in [0.4, 0.5) is 4.39 Å². The van der Waals surface area contributed by atoms with Crippen molar-refractivity contribution in [2.24, 2.45) is 0 Å². The van der Waals surface area contributed by atoms with Crippen molar-refractivity contribution in [2.45, 2.75) is 12.5 Å². The van der Waals surface area contributed by atoms with Gasteiger partial charge in [0.15, 0.2) is 0 Å². The Kier molecular flexibility index (Phi) is 2.36. The van der Waals surface area contributed by atoms with Gasteiger partial charge < -0.3 is 15.3 Å². The maximum Gasteiger partial charge on any atom is 0.338 e. The second kappa shape index (κ2) is 2.58. The minimum atomic E-state index is -2.70. The predicted octanol–water partition coefficient (Wildman–Crippen LogP) is -1.28. The molecule has 0 saturated carbocycles. The number of aliphatic hydroxyl groups excluding tert-OH is 2. The van der Waals surface area contributed by atoms with E-state index in [4.69, 9.17) is 15.3 Å². The van der Waals surface area contributed by atoms with Crippen LogP contribution in [-0.4, -0.2) is 33.8 Å². The molecular weight excluding hydrogens is 119 g/mol. The molecule has 0 rings (SSSR count). The number of aliphatic hydroxyl groups is 2. The van der Waals surface area contributed by atoms with Crippen molar-refractivity contribution in [3.8, 4) is 0 Å². The minimum Gasteiger partial charge on any atom is -0.479 e. The molecule has 48 valence electrons. The monoisotopic (exact) mass is 124 g/mol. The lowest BCUT2D eigenvalue weighted by Crippen LogP contribution is -2.30. The quantitative estimate of drug-likeness (QED) is 0.428. The van der Waals surface area contributed by atoms with Crippen molar-refractivity contribution in [1.82, 2.24) is 0 Å². The van der Waals surface area contributed by atoms with Gasteiger partial charge in [-0.05, 0) is 0 Å². The van der Waals surface area contributed by atoms with E-state index in [1.54, 1.807) is 0 Å². The molecule has 0 fully saturated rings. The molecule has 0 saturated heterocycles. The summed E-state index contributed by atoms with van der Waals surface area (Å²) in [7, 11) is 0. The molecular formula is C3H5FO4. The fourth-order valence-electron chi connectivity index (χ4n) is 0.118. The topological polar surface area (TPSA) is 77.8 Å². The second-order valence-electron chi connectivity index (χ2n) is 1.16. The molecule has 0 bridgehead atoms. The summed E-state index contributed by atoms with van der Waals surface area (Å²) in [6.45, 7) is 0. The molecule has 2 unspecified atom stereocenters. The van der Waals surface area contributed by atoms with E-state index in [0.717, 1.165) is 0 Å². The predicted molar refractivity (Wildman–Crippen MR) is 20.8 cm³/mol. The average Bonchev–Trinajstić information content (AvgIpc) is 1.64. The Hall–Kier alpha value is -0.680. The first kappa shape index (κ1) is 7.32. The lowest BCUT2D eigenvalue weighted by Gasteiger charge is -2.02. The summed E-state index contributed by atoms with van der Waals surface area (Å²) in [6.07, 6.45) is -5.03. The van der Waals surface area contributed by atoms with Gasteiger partial charge in [-0.15, -0.1) is 0 Å². The molecule has 0 aliphatic carbocycles. The number of halogens is 1. The Balaban J connectivity index is 3.64. The van der Waals surface area contributed by atoms with Crippen LogP contribution in [0.1, 0.15) is 0 Å². The summed E-state index contributed by atoms with van der Waals surface area (Å²) in [6, 6.07) is 0. The summed E-state index contributed by atoms with van der Waals surface area (Å²) in [5, 5.41) is 23.4. The van der Waals surface area contributed by atoms with E-state index < -0.39 is 18.4 Å². The molecule has 0 aliphatic heterocycles. The molecule has 0 aliphatic rings. The van der Waals surface area contributed by atoms with E-state index in [-0.39, 0.29) is 0 Å². The summed E-state index contributed by atoms with van der Waals surface area (Å²) >= 11 is 0. The minimum absolute atomic E-state index is 1.78. The van der Waals surface area contributed by atoms with Crippen LogP contribution in [0.5, 0.6) is 0 Å². The Bertz CT molecular complexity index is 91.3. The van der Waals surface area contributed by atoms with Crippen LogP contribution in [0.15, 0.2) is 0 Å². The zero-order chi connectivity index (χ0) is 6.73. The highest BCUT2D eigenvalue weighted by Crippen LogP contribution is 1.92. The smallest absolute Gasteiger partial charge is 0.338 e. The molecule has 0 spiro atoms. The van der Waals surface area contributed by atoms with Gasteiger partial charge in [0.25, 0.3) is 0 Å². The maximum atomic E-state index is 11.3. The number of carbonyl (C=O) groups is 1. The van der Waals surface area contributed by atoms with Crippen molar-refractivity contribution in [3.63, 3.8) is 0 Å². The molecule has 2 atom stereocenters. The summed E-state index contributed by atoms with van der Waals surface area (Å²) < 4.78 is 11.3. The van der Waals surface area contributed by atoms with Gasteiger partial charge >= 0.3 is 5.97 Å². The van der Waals surface area contributed by atoms with Crippen LogP contribution in [-0.2, 0) is 4.79 Å². The third-order valence-corrected chi connectivity index (χ3v) is 0.514. The van der Waals surface area contributed by atoms with Gasteiger partial charge in [0.1, 0.15) is 0 Å². The highest BCUT2D eigenvalue weighted by atomic mass is 19.1. The largest absolute Gasteiger partial charge is 0.479 e. The first-order valence-electron chi connectivity index (χ1n) is 1.78. The van der Waals surface area contributed by atoms with Gasteiger partial charge in [-0.1, -0.05) is 0 Å². The Morgan fingerprint density at radius 1 is 1.50 bits per heavy atom. The molecule has 0 aromatic rings. The van der Waals surface area contributed by atoms with Gasteiger partial charge in [-0.3, -0.25) is 0 Å². The summed E-state index contributed by atoms with van der Waals surface area (Å²) in [4.78, 5) is 9.49. The number of alkyl halides is 1. The molecule has 8 heavy (non-hydrogen) atoms. The highest BCUT2D eigenvalue weighted by molar-refractivity contribution is 5.72. The van der Waals surface area contributed by atoms with E-state index in [1.165, 1.54) is 0 Å². The van der Waals surface area contributed by atoms with E-state index in [0.29, 0.717) is 0 Å². The maximum absolute atomic E-state index is 11.3. The average molecular weight is 124 g/mol. The zero-order valence-corrected chi connectivity index (χ0v) is 3.78. The number of rotatable bonds is 2. The molecule has 0 heterocycles. The molecule has 4 nitrogen and oxygen atoms in total. The van der Waals surface area contributed by atoms with Crippen molar-refractivity contribution in [1.29, 1.82) is 0 Å². The molecule has 3 N–H and O–H groups in total. The highest BCUT2D eigenvalue weighted by Gasteiger charge is 2.22. The van der Waals surface area contributed by atoms with E-state index >= 15 is 0 Å². The van der Waals surface area contributed by atoms with Crippen LogP contribution in [0.3, 0.4) is 0 Å². The zero-order valence-electron chi connectivity index (χ0n) is 3.78. The molecule has 0 aromatic carbocycles. The first-order chi connectivity index (χ1) is 3.55. The van der Waals surface area contributed by atoms with Crippen LogP contribution in [0.2, 0.25) is 0 Å². The van der Waals surface area contributed by atoms with Gasteiger partial charge in [0, 0.05) is 0 Å². The second-order valence-corrected chi connectivity index (χ2v) is 1.16. The molecule has 0 radical (unpaired) electrons. The van der Waals surface area contributed by atoms with E-state index in [1.807, 2.05) is 0 Å². The molecule has 5 heteroatoms. The fourth-order valence-corrected chi connectivity index (χ4v) is 0.118. The van der Waals surface area contributed by atoms with Gasteiger partial charge in [-0.2, -0.15) is 0 Å². The number of aliphatic carboxylic acids is 1. The SMILES string of the molecule is O=C(O)C(O)C(O)F. The van der Waals surface area contributed by atoms with Crippen LogP contribution >= 0.6 is 0 Å². The van der Waals surface area contributed by atoms with Crippen molar-refractivity contribution < 1.29 is 24.5 Å². The lowest BCUT2D eigenvalue weighted by atomic mass is 10.4. The van der Waals surface area contributed by atoms with E-state index in [9.17, 15) is 9.18 Å². The number of hydrogen-bond acceptors (Lipinski definition) is 3. The molecule has 0 amide bonds. The summed E-state index contributed by atoms with van der Waals surface area (Å²) in [5.41, 5.74) is 0. The first-order valence-corrected chi connectivity index (χ1v) is 1.78. The standard InChI is InChI=1S/C3H5FO4/c4-2(6)1(5)3(7)8/h1-2,5-6H,(H,7,8). The lowest BCUT2D eigenvalue weighted by molar-refractivity contribution is -0.160. The number of carboxylic acids is 1. The third-order valence-electron chi connectivity index (χ3n) is 0.514. The van der Waals surface area contributed by atoms with Crippen LogP contribution in [0, 0.1) is 0 Å². The van der Waals surface area contributed by atoms with Gasteiger partial charge in [-0.25, -0.2) is 9.18 Å². The van der Waals surface area contributed by atoms with E-state index in [2.05, 4.69) is 0 Å². The van der Waals surface area contributed by atoms with Gasteiger partial charge in [0.2, 0.25) is 12.5 Å². The molecule has 0 aromatic heterocycles. The van der Waals surface area contributed by atoms with Crippen molar-refractivity contribution in [3.05, 3.63) is 0 Å². The van der Waals surface area contributed by atoms with Gasteiger partial charge in [0.05, 0.1) is 0 Å². The van der Waals surface area contributed by atoms with Crippen molar-refractivity contribution in [2.75, 3.05) is 0 Å². The Morgan fingerprint density at radius 2 is 1.88 bits per heavy atom. The Morgan fingerprint density at radius 3 is 1.88 bits per heavy atom. The van der Waals surface area contributed by atoms with Crippen LogP contribution < -0.4 is 0 Å². The number of hydrogen-bond donors (Lipinski definition) is 3. The summed E-state index contributed by atoms with van der Waals surface area (Å²) in [5.74, 6) is -1.78. The normalized spacial score (nSPS) is 17.4. The third kappa shape index (κ3) is 1.85. The van der Waals surface area contributed by atoms with Crippen molar-refractivity contribution >= 4 is 5.97 Å². The van der Waals surface area contributed by atoms with Crippen LogP contribution in [0.25, 0.3) is 0 Å². The number of carboxylic acid groups (broad SMARTS) is 1. The fraction of sp³-hybridized carbons (Fsp3) is 0.667. The Labute approximate surface area is 44.2 Å².